The summed E-state index contributed by atoms with van der Waals surface area (Å²) in [6, 6.07) is 7.24. The standard InChI is InChI=1S/C14H17BrN4O/c1-4-19-13(7-9(2)17-19)14(20)18(3)12-6-5-10(15)8-11(12)16/h5-8H,4,16H2,1-3H3. The molecule has 0 fully saturated rings. The van der Waals surface area contributed by atoms with Crippen LogP contribution >= 0.6 is 15.9 Å². The van der Waals surface area contributed by atoms with Gasteiger partial charge in [-0.3, -0.25) is 9.48 Å². The molecule has 1 aromatic heterocycles. The summed E-state index contributed by atoms with van der Waals surface area (Å²) in [5.74, 6) is -0.124. The molecular weight excluding hydrogens is 320 g/mol. The number of benzene rings is 1. The van der Waals surface area contributed by atoms with E-state index < -0.39 is 0 Å². The van der Waals surface area contributed by atoms with Gasteiger partial charge in [0, 0.05) is 18.1 Å². The molecule has 1 aromatic carbocycles. The van der Waals surface area contributed by atoms with E-state index in [1.165, 1.54) is 0 Å². The zero-order valence-corrected chi connectivity index (χ0v) is 13.3. The van der Waals surface area contributed by atoms with Crippen molar-refractivity contribution in [1.29, 1.82) is 0 Å². The van der Waals surface area contributed by atoms with Crippen molar-refractivity contribution < 1.29 is 4.79 Å². The summed E-state index contributed by atoms with van der Waals surface area (Å²) in [6.45, 7) is 4.48. The lowest BCUT2D eigenvalue weighted by atomic mass is 10.2. The molecule has 20 heavy (non-hydrogen) atoms. The number of aryl methyl sites for hydroxylation is 2. The Labute approximate surface area is 126 Å². The fraction of sp³-hybridized carbons (Fsp3) is 0.286. The van der Waals surface area contributed by atoms with Gasteiger partial charge in [-0.2, -0.15) is 5.10 Å². The summed E-state index contributed by atoms with van der Waals surface area (Å²) in [6.07, 6.45) is 0. The molecule has 0 aliphatic rings. The molecule has 0 aliphatic heterocycles. The van der Waals surface area contributed by atoms with Crippen LogP contribution in [-0.2, 0) is 6.54 Å². The summed E-state index contributed by atoms with van der Waals surface area (Å²) in [5.41, 5.74) is 8.59. The summed E-state index contributed by atoms with van der Waals surface area (Å²) in [5, 5.41) is 4.29. The molecule has 0 aliphatic carbocycles. The minimum absolute atomic E-state index is 0.124. The van der Waals surface area contributed by atoms with Gasteiger partial charge in [0.05, 0.1) is 17.1 Å². The van der Waals surface area contributed by atoms with E-state index in [0.717, 1.165) is 10.2 Å². The molecule has 1 heterocycles. The fourth-order valence-electron chi connectivity index (χ4n) is 2.07. The SMILES string of the molecule is CCn1nc(C)cc1C(=O)N(C)c1ccc(Br)cc1N. The van der Waals surface area contributed by atoms with Crippen molar-refractivity contribution in [3.63, 3.8) is 0 Å². The predicted molar refractivity (Wildman–Crippen MR) is 83.9 cm³/mol. The first-order chi connectivity index (χ1) is 9.43. The minimum atomic E-state index is -0.124. The number of aromatic nitrogens is 2. The molecule has 0 spiro atoms. The second kappa shape index (κ2) is 5.66. The highest BCUT2D eigenvalue weighted by Crippen LogP contribution is 2.27. The third-order valence-electron chi connectivity index (χ3n) is 3.08. The number of carbonyl (C=O) groups is 1. The number of nitrogens with zero attached hydrogens (tertiary/aromatic N) is 3. The molecule has 2 aromatic rings. The number of hydrogen-bond acceptors (Lipinski definition) is 3. The van der Waals surface area contributed by atoms with Crippen LogP contribution in [0.2, 0.25) is 0 Å². The van der Waals surface area contributed by atoms with Gasteiger partial charge in [0.15, 0.2) is 0 Å². The van der Waals surface area contributed by atoms with Gasteiger partial charge in [0.1, 0.15) is 5.69 Å². The molecule has 0 saturated carbocycles. The summed E-state index contributed by atoms with van der Waals surface area (Å²) < 4.78 is 2.58. The third kappa shape index (κ3) is 2.70. The van der Waals surface area contributed by atoms with E-state index in [2.05, 4.69) is 21.0 Å². The van der Waals surface area contributed by atoms with Crippen LogP contribution < -0.4 is 10.6 Å². The van der Waals surface area contributed by atoms with Crippen LogP contribution in [0, 0.1) is 6.92 Å². The van der Waals surface area contributed by atoms with Crippen LogP contribution in [-0.4, -0.2) is 22.7 Å². The number of rotatable bonds is 3. The topological polar surface area (TPSA) is 64.2 Å². The Bertz CT molecular complexity index is 651. The highest BCUT2D eigenvalue weighted by Gasteiger charge is 2.20. The lowest BCUT2D eigenvalue weighted by Crippen LogP contribution is -2.29. The van der Waals surface area contributed by atoms with Crippen LogP contribution in [0.5, 0.6) is 0 Å². The minimum Gasteiger partial charge on any atom is -0.397 e. The van der Waals surface area contributed by atoms with Crippen molar-refractivity contribution in [2.75, 3.05) is 17.7 Å². The van der Waals surface area contributed by atoms with Crippen LogP contribution in [0.3, 0.4) is 0 Å². The van der Waals surface area contributed by atoms with Crippen molar-refractivity contribution in [1.82, 2.24) is 9.78 Å². The predicted octanol–water partition coefficient (Wildman–Crippen LogP) is 2.83. The Morgan fingerprint density at radius 2 is 2.15 bits per heavy atom. The van der Waals surface area contributed by atoms with Crippen molar-refractivity contribution in [3.8, 4) is 0 Å². The second-order valence-electron chi connectivity index (χ2n) is 4.55. The first-order valence-electron chi connectivity index (χ1n) is 6.31. The maximum Gasteiger partial charge on any atom is 0.276 e. The third-order valence-corrected chi connectivity index (χ3v) is 3.57. The molecule has 6 heteroatoms. The molecule has 2 rings (SSSR count). The molecule has 0 saturated heterocycles. The number of hydrogen-bond donors (Lipinski definition) is 1. The van der Waals surface area contributed by atoms with Crippen LogP contribution in [0.25, 0.3) is 0 Å². The lowest BCUT2D eigenvalue weighted by Gasteiger charge is -2.19. The number of nitrogen functional groups attached to an aromatic ring is 1. The van der Waals surface area contributed by atoms with Gasteiger partial charge in [0.2, 0.25) is 0 Å². The lowest BCUT2D eigenvalue weighted by molar-refractivity contribution is 0.0983. The van der Waals surface area contributed by atoms with E-state index >= 15 is 0 Å². The number of carbonyl (C=O) groups excluding carboxylic acids is 1. The van der Waals surface area contributed by atoms with Crippen LogP contribution in [0.1, 0.15) is 23.1 Å². The summed E-state index contributed by atoms with van der Waals surface area (Å²) >= 11 is 3.36. The molecule has 0 unspecified atom stereocenters. The number of anilines is 2. The van der Waals surface area contributed by atoms with Crippen LogP contribution in [0.15, 0.2) is 28.7 Å². The fourth-order valence-corrected chi connectivity index (χ4v) is 2.45. The molecule has 2 N–H and O–H groups in total. The Kier molecular flexibility index (Phi) is 4.13. The van der Waals surface area contributed by atoms with E-state index in [1.54, 1.807) is 28.8 Å². The number of nitrogens with two attached hydrogens (primary N) is 1. The molecule has 0 bridgehead atoms. The largest absolute Gasteiger partial charge is 0.397 e. The molecule has 0 atom stereocenters. The summed E-state index contributed by atoms with van der Waals surface area (Å²) in [7, 11) is 1.71. The molecular formula is C14H17BrN4O. The maximum absolute atomic E-state index is 12.6. The van der Waals surface area contributed by atoms with Gasteiger partial charge in [0.25, 0.3) is 5.91 Å². The average molecular weight is 337 g/mol. The first kappa shape index (κ1) is 14.6. The average Bonchev–Trinajstić information content (AvgIpc) is 2.78. The number of amides is 1. The highest BCUT2D eigenvalue weighted by molar-refractivity contribution is 9.10. The van der Waals surface area contributed by atoms with Gasteiger partial charge in [-0.05, 0) is 38.1 Å². The Morgan fingerprint density at radius 1 is 1.45 bits per heavy atom. The summed E-state index contributed by atoms with van der Waals surface area (Å²) in [4.78, 5) is 14.1. The number of halogens is 1. The first-order valence-corrected chi connectivity index (χ1v) is 7.11. The van der Waals surface area contributed by atoms with E-state index in [-0.39, 0.29) is 5.91 Å². The van der Waals surface area contributed by atoms with E-state index in [4.69, 9.17) is 5.73 Å². The molecule has 0 radical (unpaired) electrons. The van der Waals surface area contributed by atoms with Gasteiger partial charge in [-0.15, -0.1) is 0 Å². The maximum atomic E-state index is 12.6. The Morgan fingerprint density at radius 3 is 2.75 bits per heavy atom. The van der Waals surface area contributed by atoms with Gasteiger partial charge in [-0.1, -0.05) is 15.9 Å². The second-order valence-corrected chi connectivity index (χ2v) is 5.47. The van der Waals surface area contributed by atoms with Gasteiger partial charge >= 0.3 is 0 Å². The van der Waals surface area contributed by atoms with E-state index in [1.807, 2.05) is 26.0 Å². The molecule has 106 valence electrons. The van der Waals surface area contributed by atoms with Crippen molar-refractivity contribution >= 4 is 33.2 Å². The zero-order chi connectivity index (χ0) is 14.9. The van der Waals surface area contributed by atoms with Crippen molar-refractivity contribution in [2.24, 2.45) is 0 Å². The van der Waals surface area contributed by atoms with Gasteiger partial charge < -0.3 is 10.6 Å². The van der Waals surface area contributed by atoms with Crippen LogP contribution in [0.4, 0.5) is 11.4 Å². The monoisotopic (exact) mass is 336 g/mol. The molecule has 1 amide bonds. The smallest absolute Gasteiger partial charge is 0.276 e. The zero-order valence-electron chi connectivity index (χ0n) is 11.7. The highest BCUT2D eigenvalue weighted by atomic mass is 79.9. The van der Waals surface area contributed by atoms with Crippen molar-refractivity contribution in [2.45, 2.75) is 20.4 Å². The Balaban J connectivity index is 2.37. The Hall–Kier alpha value is -1.82. The van der Waals surface area contributed by atoms with Gasteiger partial charge in [-0.25, -0.2) is 0 Å². The normalized spacial score (nSPS) is 10.6. The van der Waals surface area contributed by atoms with E-state index in [9.17, 15) is 4.79 Å². The van der Waals surface area contributed by atoms with E-state index in [0.29, 0.717) is 23.6 Å². The molecule has 5 nitrogen and oxygen atoms in total. The van der Waals surface area contributed by atoms with Crippen molar-refractivity contribution in [3.05, 3.63) is 40.1 Å². The quantitative estimate of drug-likeness (QED) is 0.876.